The predicted molar refractivity (Wildman–Crippen MR) is 108 cm³/mol. The monoisotopic (exact) mass is 388 g/mol. The summed E-state index contributed by atoms with van der Waals surface area (Å²) < 4.78 is 7.59. The Balaban J connectivity index is 1.90. The van der Waals surface area contributed by atoms with Gasteiger partial charge in [-0.1, -0.05) is 25.7 Å². The Kier molecular flexibility index (Phi) is 5.54. The van der Waals surface area contributed by atoms with Crippen LogP contribution in [-0.2, 0) is 11.5 Å². The Hall–Kier alpha value is -2.03. The fourth-order valence-corrected chi connectivity index (χ4v) is 3.98. The molecule has 0 atom stereocenters. The smallest absolute Gasteiger partial charge is 0.272 e. The average molecular weight is 389 g/mol. The van der Waals surface area contributed by atoms with Crippen molar-refractivity contribution in [1.82, 2.24) is 20.1 Å². The largest absolute Gasteiger partial charge is 0.360 e. The fraction of sp³-hybridized carbons (Fsp3) is 0.389. The molecule has 0 aliphatic rings. The molecule has 0 spiro atoms. The van der Waals surface area contributed by atoms with E-state index in [0.29, 0.717) is 19.0 Å². The Bertz CT molecular complexity index is 900. The first-order valence-electron chi connectivity index (χ1n) is 8.58. The molecule has 3 aromatic rings. The van der Waals surface area contributed by atoms with E-state index in [1.807, 2.05) is 24.4 Å². The van der Waals surface area contributed by atoms with Crippen LogP contribution in [0.5, 0.6) is 0 Å². The topological polar surface area (TPSA) is 69.0 Å². The van der Waals surface area contributed by atoms with Crippen molar-refractivity contribution in [3.63, 3.8) is 0 Å². The van der Waals surface area contributed by atoms with E-state index in [2.05, 4.69) is 35.0 Å². The maximum absolute atomic E-state index is 12.3. The lowest BCUT2D eigenvalue weighted by Crippen LogP contribution is -2.22. The van der Waals surface area contributed by atoms with E-state index in [1.54, 1.807) is 28.6 Å². The maximum Gasteiger partial charge on any atom is 0.272 e. The van der Waals surface area contributed by atoms with Gasteiger partial charge in [-0.2, -0.15) is 5.10 Å². The summed E-state index contributed by atoms with van der Waals surface area (Å²) in [6, 6.07) is 7.12. The number of ether oxygens (including phenoxy) is 1. The van der Waals surface area contributed by atoms with E-state index >= 15 is 0 Å². The molecule has 0 radical (unpaired) electrons. The van der Waals surface area contributed by atoms with Gasteiger partial charge in [0.2, 0.25) is 0 Å². The molecular formula is C18H24N4O2SSi. The van der Waals surface area contributed by atoms with E-state index in [0.717, 1.165) is 27.4 Å². The summed E-state index contributed by atoms with van der Waals surface area (Å²) >= 11 is 1.57. The quantitative estimate of drug-likeness (QED) is 0.493. The highest BCUT2D eigenvalue weighted by molar-refractivity contribution is 7.13. The van der Waals surface area contributed by atoms with Crippen LogP contribution in [-0.4, -0.2) is 42.4 Å². The van der Waals surface area contributed by atoms with Gasteiger partial charge in [-0.25, -0.2) is 4.68 Å². The zero-order valence-electron chi connectivity index (χ0n) is 15.6. The molecule has 3 rings (SSSR count). The molecule has 2 heterocycles. The third-order valence-corrected chi connectivity index (χ3v) is 6.65. The zero-order valence-corrected chi connectivity index (χ0v) is 17.4. The number of rotatable bonds is 7. The molecule has 6 nitrogen and oxygen atoms in total. The van der Waals surface area contributed by atoms with Crippen LogP contribution in [0.4, 0.5) is 0 Å². The average Bonchev–Trinajstić information content (AvgIpc) is 3.25. The molecule has 0 aliphatic heterocycles. The van der Waals surface area contributed by atoms with Crippen molar-refractivity contribution >= 4 is 36.2 Å². The zero-order chi connectivity index (χ0) is 18.7. The Morgan fingerprint density at radius 3 is 2.81 bits per heavy atom. The van der Waals surface area contributed by atoms with E-state index in [4.69, 9.17) is 4.74 Å². The van der Waals surface area contributed by atoms with Gasteiger partial charge in [0.1, 0.15) is 6.73 Å². The molecule has 138 valence electrons. The Morgan fingerprint density at radius 1 is 1.35 bits per heavy atom. The number of benzene rings is 1. The molecule has 0 saturated heterocycles. The summed E-state index contributed by atoms with van der Waals surface area (Å²) in [6.45, 7) is 8.03. The summed E-state index contributed by atoms with van der Waals surface area (Å²) in [5.74, 6) is -0.197. The van der Waals surface area contributed by atoms with Crippen molar-refractivity contribution in [1.29, 1.82) is 0 Å². The molecule has 2 aromatic heterocycles. The third kappa shape index (κ3) is 4.20. The van der Waals surface area contributed by atoms with E-state index < -0.39 is 8.07 Å². The van der Waals surface area contributed by atoms with E-state index in [9.17, 15) is 4.79 Å². The van der Waals surface area contributed by atoms with Gasteiger partial charge in [0.05, 0.1) is 15.9 Å². The second kappa shape index (κ2) is 7.69. The van der Waals surface area contributed by atoms with Crippen LogP contribution in [0.2, 0.25) is 25.7 Å². The summed E-state index contributed by atoms with van der Waals surface area (Å²) in [5, 5.41) is 7.99. The standard InChI is InChI=1S/C18H24N4O2SSi/c1-19-18(23)17-14-9-13(16-10-20-11-25-16)5-6-15(14)22(21-17)12-24-7-8-26(2,3)4/h5-6,9-11H,7-8,12H2,1-4H3,(H,19,23). The van der Waals surface area contributed by atoms with E-state index in [1.165, 1.54) is 0 Å². The predicted octanol–water partition coefficient (Wildman–Crippen LogP) is 3.83. The highest BCUT2D eigenvalue weighted by Crippen LogP contribution is 2.29. The number of thiazole rings is 1. The maximum atomic E-state index is 12.3. The number of carbonyl (C=O) groups excluding carboxylic acids is 1. The van der Waals surface area contributed by atoms with Crippen molar-refractivity contribution in [2.45, 2.75) is 32.4 Å². The molecule has 0 unspecified atom stereocenters. The lowest BCUT2D eigenvalue weighted by molar-refractivity contribution is 0.0805. The summed E-state index contributed by atoms with van der Waals surface area (Å²) in [5.41, 5.74) is 4.14. The Labute approximate surface area is 158 Å². The lowest BCUT2D eigenvalue weighted by Gasteiger charge is -2.15. The minimum absolute atomic E-state index is 0.197. The molecule has 0 saturated carbocycles. The highest BCUT2D eigenvalue weighted by Gasteiger charge is 2.18. The third-order valence-electron chi connectivity index (χ3n) is 4.12. The van der Waals surface area contributed by atoms with Crippen molar-refractivity contribution in [2.24, 2.45) is 0 Å². The molecule has 0 fully saturated rings. The van der Waals surface area contributed by atoms with Crippen LogP contribution >= 0.6 is 11.3 Å². The van der Waals surface area contributed by atoms with Crippen LogP contribution in [0, 0.1) is 0 Å². The van der Waals surface area contributed by atoms with Crippen molar-refractivity contribution in [3.8, 4) is 10.4 Å². The number of nitrogens with one attached hydrogen (secondary N) is 1. The van der Waals surface area contributed by atoms with Crippen molar-refractivity contribution in [3.05, 3.63) is 35.6 Å². The normalized spacial score (nSPS) is 11.8. The number of hydrogen-bond donors (Lipinski definition) is 1. The molecule has 1 amide bonds. The van der Waals surface area contributed by atoms with Gasteiger partial charge in [0.25, 0.3) is 5.91 Å². The number of carbonyl (C=O) groups is 1. The van der Waals surface area contributed by atoms with Crippen molar-refractivity contribution in [2.75, 3.05) is 13.7 Å². The second-order valence-electron chi connectivity index (χ2n) is 7.37. The van der Waals surface area contributed by atoms with Gasteiger partial charge < -0.3 is 10.1 Å². The summed E-state index contributed by atoms with van der Waals surface area (Å²) in [7, 11) is 0.486. The summed E-state index contributed by atoms with van der Waals surface area (Å²) in [6.07, 6.45) is 1.83. The van der Waals surface area contributed by atoms with Gasteiger partial charge in [-0.05, 0) is 23.7 Å². The SMILES string of the molecule is CNC(=O)c1nn(COCC[Si](C)(C)C)c2ccc(-c3cncs3)cc12. The van der Waals surface area contributed by atoms with Crippen molar-refractivity contribution < 1.29 is 9.53 Å². The second-order valence-corrected chi connectivity index (χ2v) is 13.9. The van der Waals surface area contributed by atoms with Gasteiger partial charge in [-0.3, -0.25) is 9.78 Å². The van der Waals surface area contributed by atoms with Crippen LogP contribution in [0.1, 0.15) is 10.5 Å². The van der Waals surface area contributed by atoms with Gasteiger partial charge in [0, 0.05) is 33.3 Å². The highest BCUT2D eigenvalue weighted by atomic mass is 32.1. The number of amides is 1. The van der Waals surface area contributed by atoms with Gasteiger partial charge in [0.15, 0.2) is 5.69 Å². The number of fused-ring (bicyclic) bond motifs is 1. The molecule has 8 heteroatoms. The van der Waals surface area contributed by atoms with Crippen LogP contribution < -0.4 is 5.32 Å². The first-order chi connectivity index (χ1) is 12.4. The molecule has 1 N–H and O–H groups in total. The summed E-state index contributed by atoms with van der Waals surface area (Å²) in [4.78, 5) is 17.5. The van der Waals surface area contributed by atoms with Crippen LogP contribution in [0.15, 0.2) is 29.9 Å². The Morgan fingerprint density at radius 2 is 2.15 bits per heavy atom. The lowest BCUT2D eigenvalue weighted by atomic mass is 10.1. The van der Waals surface area contributed by atoms with E-state index in [-0.39, 0.29) is 5.91 Å². The first-order valence-corrected chi connectivity index (χ1v) is 13.2. The molecule has 0 aliphatic carbocycles. The number of nitrogens with zero attached hydrogens (tertiary/aromatic N) is 3. The van der Waals surface area contributed by atoms with Crippen LogP contribution in [0.25, 0.3) is 21.3 Å². The molecule has 26 heavy (non-hydrogen) atoms. The minimum Gasteiger partial charge on any atom is -0.360 e. The number of hydrogen-bond acceptors (Lipinski definition) is 5. The minimum atomic E-state index is -1.13. The van der Waals surface area contributed by atoms with Gasteiger partial charge >= 0.3 is 0 Å². The fourth-order valence-electron chi connectivity index (χ4n) is 2.60. The molecule has 1 aromatic carbocycles. The van der Waals surface area contributed by atoms with Crippen LogP contribution in [0.3, 0.4) is 0 Å². The molecule has 0 bridgehead atoms. The number of aromatic nitrogens is 3. The first kappa shape index (κ1) is 18.7. The van der Waals surface area contributed by atoms with Gasteiger partial charge in [-0.15, -0.1) is 11.3 Å². The molecular weight excluding hydrogens is 364 g/mol.